The number of hydrogen-bond donors (Lipinski definition) is 1. The summed E-state index contributed by atoms with van der Waals surface area (Å²) in [5.41, 5.74) is 0.656. The number of piperazine rings is 1. The number of ketones is 1. The maximum atomic E-state index is 13.0. The second-order valence-corrected chi connectivity index (χ2v) is 6.94. The molecule has 2 saturated heterocycles. The van der Waals surface area contributed by atoms with Crippen LogP contribution in [0.3, 0.4) is 0 Å². The van der Waals surface area contributed by atoms with E-state index in [0.717, 1.165) is 31.2 Å². The highest BCUT2D eigenvalue weighted by atomic mass is 19.1. The van der Waals surface area contributed by atoms with Gasteiger partial charge in [-0.05, 0) is 17.7 Å². The molecule has 1 N–H and O–H groups in total. The molecule has 1 atom stereocenters. The van der Waals surface area contributed by atoms with Crippen LogP contribution in [0.5, 0.6) is 0 Å². The summed E-state index contributed by atoms with van der Waals surface area (Å²) in [4.78, 5) is 46.2. The summed E-state index contributed by atoms with van der Waals surface area (Å²) in [6.45, 7) is 4.81. The van der Waals surface area contributed by atoms with Crippen molar-refractivity contribution in [3.63, 3.8) is 0 Å². The monoisotopic (exact) mass is 392 g/mol. The van der Waals surface area contributed by atoms with E-state index in [2.05, 4.69) is 10.2 Å². The first-order chi connectivity index (χ1) is 13.5. The fraction of sp³-hybridized carbons (Fsp3) is 0.526. The highest BCUT2D eigenvalue weighted by Crippen LogP contribution is 2.19. The first-order valence-corrected chi connectivity index (χ1v) is 9.35. The topological polar surface area (TPSA) is 82.2 Å². The van der Waals surface area contributed by atoms with Crippen molar-refractivity contribution in [1.29, 1.82) is 0 Å². The molecule has 2 fully saturated rings. The van der Waals surface area contributed by atoms with E-state index in [1.165, 1.54) is 36.3 Å². The van der Waals surface area contributed by atoms with Crippen molar-refractivity contribution < 1.29 is 23.6 Å². The number of hydroxylamine groups is 2. The Morgan fingerprint density at radius 3 is 2.54 bits per heavy atom. The molecule has 0 bridgehead atoms. The molecule has 0 spiro atoms. The van der Waals surface area contributed by atoms with Crippen LogP contribution in [0.25, 0.3) is 0 Å². The molecule has 8 nitrogen and oxygen atoms in total. The first kappa shape index (κ1) is 20.4. The number of carbonyl (C=O) groups is 3. The summed E-state index contributed by atoms with van der Waals surface area (Å²) >= 11 is 0. The van der Waals surface area contributed by atoms with Gasteiger partial charge in [0.15, 0.2) is 0 Å². The number of nitrogens with zero attached hydrogens (tertiary/aromatic N) is 3. The van der Waals surface area contributed by atoms with Gasteiger partial charge in [-0.15, -0.1) is 0 Å². The molecular weight excluding hydrogens is 367 g/mol. The minimum atomic E-state index is -1.07. The number of nitrogens with one attached hydrogen (secondary N) is 1. The molecule has 152 valence electrons. The minimum absolute atomic E-state index is 0.0614. The van der Waals surface area contributed by atoms with Gasteiger partial charge in [0.1, 0.15) is 11.7 Å². The van der Waals surface area contributed by atoms with Crippen molar-refractivity contribution in [2.75, 3.05) is 52.9 Å². The van der Waals surface area contributed by atoms with E-state index in [4.69, 9.17) is 4.84 Å². The number of rotatable bonds is 7. The lowest BCUT2D eigenvalue weighted by atomic mass is 10.1. The van der Waals surface area contributed by atoms with Gasteiger partial charge in [-0.1, -0.05) is 12.1 Å². The Hall–Kier alpha value is -2.36. The maximum Gasteiger partial charge on any atom is 0.290 e. The van der Waals surface area contributed by atoms with Crippen LogP contribution in [0.2, 0.25) is 0 Å². The molecule has 9 heteroatoms. The third kappa shape index (κ3) is 4.73. The standard InChI is InChI=1S/C19H25FN4O4/c1-28-24(12-14-2-4-15(20)5-3-14)18(26)16-13-23(19(27)17(16)25)11-10-22-8-6-21-7-9-22/h2-5,16,21H,6-13H2,1H3. The Labute approximate surface area is 163 Å². The van der Waals surface area contributed by atoms with Gasteiger partial charge in [-0.25, -0.2) is 9.45 Å². The van der Waals surface area contributed by atoms with Gasteiger partial charge < -0.3 is 10.2 Å². The van der Waals surface area contributed by atoms with Crippen LogP contribution in [-0.4, -0.2) is 85.4 Å². The van der Waals surface area contributed by atoms with Crippen LogP contribution < -0.4 is 5.32 Å². The number of benzene rings is 1. The Balaban J connectivity index is 1.59. The van der Waals surface area contributed by atoms with Crippen molar-refractivity contribution in [2.45, 2.75) is 6.54 Å². The molecule has 0 aliphatic carbocycles. The predicted molar refractivity (Wildman–Crippen MR) is 98.3 cm³/mol. The summed E-state index contributed by atoms with van der Waals surface area (Å²) in [5.74, 6) is -3.33. The molecular formula is C19H25FN4O4. The SMILES string of the molecule is CON(Cc1ccc(F)cc1)C(=O)C1CN(CCN2CCNCC2)C(=O)C1=O. The number of Topliss-reactive ketones (excluding diaryl/α,β-unsaturated/α-hetero) is 1. The van der Waals surface area contributed by atoms with Crippen LogP contribution in [0, 0.1) is 11.7 Å². The molecule has 0 radical (unpaired) electrons. The Morgan fingerprint density at radius 1 is 1.21 bits per heavy atom. The van der Waals surface area contributed by atoms with Gasteiger partial charge in [-0.3, -0.25) is 24.1 Å². The lowest BCUT2D eigenvalue weighted by Crippen LogP contribution is -2.46. The average Bonchev–Trinajstić information content (AvgIpc) is 3.00. The van der Waals surface area contributed by atoms with E-state index < -0.39 is 23.5 Å². The molecule has 2 amide bonds. The lowest BCUT2D eigenvalue weighted by molar-refractivity contribution is -0.183. The zero-order valence-corrected chi connectivity index (χ0v) is 15.9. The summed E-state index contributed by atoms with van der Waals surface area (Å²) in [7, 11) is 1.32. The van der Waals surface area contributed by atoms with E-state index in [0.29, 0.717) is 18.7 Å². The molecule has 0 aromatic heterocycles. The summed E-state index contributed by atoms with van der Waals surface area (Å²) in [6.07, 6.45) is 0. The Bertz CT molecular complexity index is 721. The van der Waals surface area contributed by atoms with Gasteiger partial charge in [0.25, 0.3) is 11.8 Å². The molecule has 1 aromatic rings. The van der Waals surface area contributed by atoms with E-state index in [1.54, 1.807) is 0 Å². The molecule has 2 aliphatic rings. The fourth-order valence-electron chi connectivity index (χ4n) is 3.43. The molecule has 28 heavy (non-hydrogen) atoms. The second kappa shape index (κ2) is 9.22. The molecule has 1 aromatic carbocycles. The predicted octanol–water partition coefficient (Wildman–Crippen LogP) is -0.352. The van der Waals surface area contributed by atoms with E-state index in [-0.39, 0.29) is 18.9 Å². The van der Waals surface area contributed by atoms with Crippen LogP contribution in [-0.2, 0) is 25.8 Å². The molecule has 2 aliphatic heterocycles. The number of amides is 2. The smallest absolute Gasteiger partial charge is 0.290 e. The zero-order valence-electron chi connectivity index (χ0n) is 15.9. The van der Waals surface area contributed by atoms with Crippen LogP contribution in [0.4, 0.5) is 4.39 Å². The van der Waals surface area contributed by atoms with Crippen molar-refractivity contribution in [1.82, 2.24) is 20.2 Å². The Kier molecular flexibility index (Phi) is 6.71. The third-order valence-electron chi connectivity index (χ3n) is 5.12. The van der Waals surface area contributed by atoms with Gasteiger partial charge in [0, 0.05) is 45.8 Å². The summed E-state index contributed by atoms with van der Waals surface area (Å²) < 4.78 is 13.0. The highest BCUT2D eigenvalue weighted by molar-refractivity contribution is 6.42. The van der Waals surface area contributed by atoms with Crippen LogP contribution >= 0.6 is 0 Å². The number of halogens is 1. The number of likely N-dealkylation sites (tertiary alicyclic amines) is 1. The molecule has 1 unspecified atom stereocenters. The number of hydrogen-bond acceptors (Lipinski definition) is 6. The lowest BCUT2D eigenvalue weighted by Gasteiger charge is -2.29. The Morgan fingerprint density at radius 2 is 1.89 bits per heavy atom. The third-order valence-corrected chi connectivity index (χ3v) is 5.12. The van der Waals surface area contributed by atoms with Gasteiger partial charge >= 0.3 is 0 Å². The zero-order chi connectivity index (χ0) is 20.1. The van der Waals surface area contributed by atoms with E-state index >= 15 is 0 Å². The largest absolute Gasteiger partial charge is 0.334 e. The summed E-state index contributed by atoms with van der Waals surface area (Å²) in [6, 6.07) is 5.65. The quantitative estimate of drug-likeness (QED) is 0.388. The van der Waals surface area contributed by atoms with Gasteiger partial charge in [0.05, 0.1) is 13.7 Å². The highest BCUT2D eigenvalue weighted by Gasteiger charge is 2.44. The second-order valence-electron chi connectivity index (χ2n) is 6.94. The average molecular weight is 392 g/mol. The molecule has 2 heterocycles. The fourth-order valence-corrected chi connectivity index (χ4v) is 3.43. The van der Waals surface area contributed by atoms with Gasteiger partial charge in [-0.2, -0.15) is 0 Å². The minimum Gasteiger partial charge on any atom is -0.334 e. The van der Waals surface area contributed by atoms with Crippen LogP contribution in [0.15, 0.2) is 24.3 Å². The maximum absolute atomic E-state index is 13.0. The van der Waals surface area contributed by atoms with E-state index in [9.17, 15) is 18.8 Å². The van der Waals surface area contributed by atoms with E-state index in [1.807, 2.05) is 0 Å². The van der Waals surface area contributed by atoms with Crippen molar-refractivity contribution in [2.24, 2.45) is 5.92 Å². The molecule has 3 rings (SSSR count). The first-order valence-electron chi connectivity index (χ1n) is 9.35. The van der Waals surface area contributed by atoms with Crippen LogP contribution in [0.1, 0.15) is 5.56 Å². The molecule has 0 saturated carbocycles. The van der Waals surface area contributed by atoms with Crippen molar-refractivity contribution in [3.8, 4) is 0 Å². The number of carbonyl (C=O) groups excluding carboxylic acids is 3. The van der Waals surface area contributed by atoms with Crippen molar-refractivity contribution in [3.05, 3.63) is 35.6 Å². The van der Waals surface area contributed by atoms with Gasteiger partial charge in [0.2, 0.25) is 5.78 Å². The van der Waals surface area contributed by atoms with Crippen molar-refractivity contribution >= 4 is 17.6 Å². The normalized spacial score (nSPS) is 20.6. The summed E-state index contributed by atoms with van der Waals surface area (Å²) in [5, 5.41) is 4.31.